The standard InChI is InChI=1S/C25H37N3O3/c1-4-27-12-14-28(15-13-27)18-22-10-11-24(30-3)25(16-22)31-20-23(29)19-26(2)17-21-8-6-5-7-9-21/h5-11,16,23,29H,4,12-15,17-20H2,1-3H3. The molecule has 0 spiro atoms. The molecule has 2 aromatic carbocycles. The predicted octanol–water partition coefficient (Wildman–Crippen LogP) is 2.70. The summed E-state index contributed by atoms with van der Waals surface area (Å²) in [5, 5.41) is 10.5. The van der Waals surface area contributed by atoms with Crippen LogP contribution in [0.1, 0.15) is 18.1 Å². The Kier molecular flexibility index (Phi) is 9.15. The van der Waals surface area contributed by atoms with Crippen molar-refractivity contribution < 1.29 is 14.6 Å². The van der Waals surface area contributed by atoms with Crippen LogP contribution in [0.15, 0.2) is 48.5 Å². The molecule has 0 bridgehead atoms. The highest BCUT2D eigenvalue weighted by atomic mass is 16.5. The first kappa shape index (κ1) is 23.5. The number of hydrogen-bond donors (Lipinski definition) is 1. The van der Waals surface area contributed by atoms with Gasteiger partial charge < -0.3 is 19.5 Å². The quantitative estimate of drug-likeness (QED) is 0.595. The fraction of sp³-hybridized carbons (Fsp3) is 0.520. The molecule has 1 saturated heterocycles. The van der Waals surface area contributed by atoms with Gasteiger partial charge in [0.05, 0.1) is 7.11 Å². The van der Waals surface area contributed by atoms with Gasteiger partial charge in [0.1, 0.15) is 12.7 Å². The number of rotatable bonds is 11. The van der Waals surface area contributed by atoms with Crippen molar-refractivity contribution in [2.75, 3.05) is 60.0 Å². The van der Waals surface area contributed by atoms with Gasteiger partial charge in [0.25, 0.3) is 0 Å². The van der Waals surface area contributed by atoms with Crippen LogP contribution in [0.4, 0.5) is 0 Å². The number of piperazine rings is 1. The Balaban J connectivity index is 1.50. The summed E-state index contributed by atoms with van der Waals surface area (Å²) in [6.07, 6.45) is -0.579. The van der Waals surface area contributed by atoms with E-state index in [-0.39, 0.29) is 6.61 Å². The van der Waals surface area contributed by atoms with E-state index < -0.39 is 6.10 Å². The van der Waals surface area contributed by atoms with Crippen LogP contribution in [0.25, 0.3) is 0 Å². The highest BCUT2D eigenvalue weighted by Crippen LogP contribution is 2.29. The normalized spacial score (nSPS) is 16.4. The van der Waals surface area contributed by atoms with Gasteiger partial charge in [0, 0.05) is 45.8 Å². The maximum Gasteiger partial charge on any atom is 0.161 e. The lowest BCUT2D eigenvalue weighted by molar-refractivity contribution is 0.0731. The van der Waals surface area contributed by atoms with Crippen LogP contribution in [0, 0.1) is 0 Å². The summed E-state index contributed by atoms with van der Waals surface area (Å²) >= 11 is 0. The van der Waals surface area contributed by atoms with Crippen LogP contribution in [0.3, 0.4) is 0 Å². The fourth-order valence-electron chi connectivity index (χ4n) is 4.01. The van der Waals surface area contributed by atoms with E-state index in [0.717, 1.165) is 45.8 Å². The van der Waals surface area contributed by atoms with Gasteiger partial charge in [-0.25, -0.2) is 0 Å². The first-order valence-electron chi connectivity index (χ1n) is 11.2. The molecule has 1 N–H and O–H groups in total. The number of aliphatic hydroxyl groups excluding tert-OH is 1. The van der Waals surface area contributed by atoms with Crippen LogP contribution in [0.5, 0.6) is 11.5 Å². The minimum atomic E-state index is -0.579. The molecule has 170 valence electrons. The Morgan fingerprint density at radius 2 is 1.68 bits per heavy atom. The molecule has 0 amide bonds. The molecule has 1 heterocycles. The van der Waals surface area contributed by atoms with Crippen molar-refractivity contribution >= 4 is 0 Å². The van der Waals surface area contributed by atoms with Crippen molar-refractivity contribution in [3.8, 4) is 11.5 Å². The molecular weight excluding hydrogens is 390 g/mol. The number of aliphatic hydroxyl groups is 1. The molecule has 2 aromatic rings. The second kappa shape index (κ2) is 12.1. The van der Waals surface area contributed by atoms with Crippen molar-refractivity contribution in [1.82, 2.24) is 14.7 Å². The molecule has 1 fully saturated rings. The Morgan fingerprint density at radius 3 is 2.35 bits per heavy atom. The van der Waals surface area contributed by atoms with Crippen LogP contribution in [0.2, 0.25) is 0 Å². The molecular formula is C25H37N3O3. The lowest BCUT2D eigenvalue weighted by atomic mass is 10.1. The van der Waals surface area contributed by atoms with Crippen LogP contribution >= 0.6 is 0 Å². The largest absolute Gasteiger partial charge is 0.493 e. The third kappa shape index (κ3) is 7.51. The van der Waals surface area contributed by atoms with E-state index in [0.29, 0.717) is 18.0 Å². The topological polar surface area (TPSA) is 48.4 Å². The van der Waals surface area contributed by atoms with Gasteiger partial charge in [0.2, 0.25) is 0 Å². The molecule has 1 atom stereocenters. The molecule has 1 unspecified atom stereocenters. The van der Waals surface area contributed by atoms with Crippen molar-refractivity contribution in [1.29, 1.82) is 0 Å². The molecule has 6 nitrogen and oxygen atoms in total. The van der Waals surface area contributed by atoms with Crippen molar-refractivity contribution in [3.05, 3.63) is 59.7 Å². The summed E-state index contributed by atoms with van der Waals surface area (Å²) in [6, 6.07) is 16.4. The van der Waals surface area contributed by atoms with Gasteiger partial charge in [-0.2, -0.15) is 0 Å². The Hall–Kier alpha value is -2.12. The molecule has 0 radical (unpaired) electrons. The van der Waals surface area contributed by atoms with E-state index in [4.69, 9.17) is 9.47 Å². The minimum Gasteiger partial charge on any atom is -0.493 e. The molecule has 6 heteroatoms. The molecule has 1 aliphatic rings. The third-order valence-electron chi connectivity index (χ3n) is 5.80. The number of benzene rings is 2. The second-order valence-corrected chi connectivity index (χ2v) is 8.34. The van der Waals surface area contributed by atoms with Crippen molar-refractivity contribution in [2.45, 2.75) is 26.1 Å². The number of likely N-dealkylation sites (N-methyl/N-ethyl adjacent to an activating group) is 2. The average Bonchev–Trinajstić information content (AvgIpc) is 2.79. The summed E-state index contributed by atoms with van der Waals surface area (Å²) in [7, 11) is 3.66. The Bertz CT molecular complexity index is 779. The first-order valence-corrected chi connectivity index (χ1v) is 11.2. The van der Waals surface area contributed by atoms with Gasteiger partial charge in [-0.15, -0.1) is 0 Å². The zero-order valence-electron chi connectivity index (χ0n) is 19.2. The Labute approximate surface area is 187 Å². The fourth-order valence-corrected chi connectivity index (χ4v) is 4.01. The van der Waals surface area contributed by atoms with E-state index in [1.807, 2.05) is 37.4 Å². The zero-order chi connectivity index (χ0) is 22.1. The number of methoxy groups -OCH3 is 1. The van der Waals surface area contributed by atoms with E-state index in [1.54, 1.807) is 7.11 Å². The summed E-state index contributed by atoms with van der Waals surface area (Å²) in [5.74, 6) is 1.39. The van der Waals surface area contributed by atoms with Crippen molar-refractivity contribution in [3.63, 3.8) is 0 Å². The number of nitrogens with zero attached hydrogens (tertiary/aromatic N) is 3. The van der Waals surface area contributed by atoms with E-state index in [1.165, 1.54) is 11.1 Å². The molecule has 31 heavy (non-hydrogen) atoms. The number of hydrogen-bond acceptors (Lipinski definition) is 6. The highest BCUT2D eigenvalue weighted by molar-refractivity contribution is 5.43. The van der Waals surface area contributed by atoms with Gasteiger partial charge >= 0.3 is 0 Å². The lowest BCUT2D eigenvalue weighted by Crippen LogP contribution is -2.45. The van der Waals surface area contributed by atoms with Crippen LogP contribution < -0.4 is 9.47 Å². The van der Waals surface area contributed by atoms with E-state index in [9.17, 15) is 5.11 Å². The molecule has 1 aliphatic heterocycles. The van der Waals surface area contributed by atoms with Gasteiger partial charge in [-0.3, -0.25) is 9.80 Å². The van der Waals surface area contributed by atoms with Crippen LogP contribution in [-0.4, -0.2) is 85.9 Å². The summed E-state index contributed by atoms with van der Waals surface area (Å²) in [5.41, 5.74) is 2.43. The summed E-state index contributed by atoms with van der Waals surface area (Å²) < 4.78 is 11.5. The van der Waals surface area contributed by atoms with Crippen LogP contribution in [-0.2, 0) is 13.1 Å². The van der Waals surface area contributed by atoms with Gasteiger partial charge in [-0.1, -0.05) is 43.3 Å². The maximum absolute atomic E-state index is 10.5. The highest BCUT2D eigenvalue weighted by Gasteiger charge is 2.17. The minimum absolute atomic E-state index is 0.230. The SMILES string of the molecule is CCN1CCN(Cc2ccc(OC)c(OCC(O)CN(C)Cc3ccccc3)c2)CC1. The summed E-state index contributed by atoms with van der Waals surface area (Å²) in [6.45, 7) is 10.2. The van der Waals surface area contributed by atoms with E-state index >= 15 is 0 Å². The zero-order valence-corrected chi connectivity index (χ0v) is 19.2. The molecule has 0 aliphatic carbocycles. The lowest BCUT2D eigenvalue weighted by Gasteiger charge is -2.34. The smallest absolute Gasteiger partial charge is 0.161 e. The molecule has 3 rings (SSSR count). The maximum atomic E-state index is 10.5. The second-order valence-electron chi connectivity index (χ2n) is 8.34. The molecule has 0 saturated carbocycles. The monoisotopic (exact) mass is 427 g/mol. The number of ether oxygens (including phenoxy) is 2. The van der Waals surface area contributed by atoms with E-state index in [2.05, 4.69) is 39.8 Å². The van der Waals surface area contributed by atoms with Gasteiger partial charge in [-0.05, 0) is 36.9 Å². The third-order valence-corrected chi connectivity index (χ3v) is 5.80. The van der Waals surface area contributed by atoms with Crippen molar-refractivity contribution in [2.24, 2.45) is 0 Å². The molecule has 0 aromatic heterocycles. The first-order chi connectivity index (χ1) is 15.1. The van der Waals surface area contributed by atoms with Gasteiger partial charge in [0.15, 0.2) is 11.5 Å². The average molecular weight is 428 g/mol. The summed E-state index contributed by atoms with van der Waals surface area (Å²) in [4.78, 5) is 7.06. The Morgan fingerprint density at radius 1 is 0.968 bits per heavy atom. The predicted molar refractivity (Wildman–Crippen MR) is 125 cm³/mol.